The fraction of sp³-hybridized carbons (Fsp3) is 0.167. The van der Waals surface area contributed by atoms with Gasteiger partial charge in [-0.3, -0.25) is 0 Å². The molecular formula is C24H16ClF4N3O6. The lowest BCUT2D eigenvalue weighted by molar-refractivity contribution is -0.274. The van der Waals surface area contributed by atoms with Crippen LogP contribution in [-0.4, -0.2) is 47.0 Å². The van der Waals surface area contributed by atoms with E-state index in [1.54, 1.807) is 6.92 Å². The van der Waals surface area contributed by atoms with Gasteiger partial charge in [0, 0.05) is 0 Å². The van der Waals surface area contributed by atoms with Crippen molar-refractivity contribution >= 4 is 23.5 Å². The van der Waals surface area contributed by atoms with Gasteiger partial charge in [0.25, 0.3) is 0 Å². The average molecular weight is 554 g/mol. The number of rotatable bonds is 7. The smallest absolute Gasteiger partial charge is 0.465 e. The number of hydrogen-bond acceptors (Lipinski definition) is 8. The lowest BCUT2D eigenvalue weighted by Gasteiger charge is -2.11. The average Bonchev–Trinajstić information content (AvgIpc) is 3.48. The summed E-state index contributed by atoms with van der Waals surface area (Å²) in [6, 6.07) is 8.30. The van der Waals surface area contributed by atoms with E-state index >= 15 is 0 Å². The Balaban J connectivity index is 1.90. The van der Waals surface area contributed by atoms with Crippen molar-refractivity contribution in [3.63, 3.8) is 0 Å². The van der Waals surface area contributed by atoms with Crippen LogP contribution in [0.4, 0.5) is 17.6 Å². The van der Waals surface area contributed by atoms with E-state index in [2.05, 4.69) is 15.0 Å². The summed E-state index contributed by atoms with van der Waals surface area (Å²) in [4.78, 5) is 25.8. The van der Waals surface area contributed by atoms with Gasteiger partial charge in [0.05, 0.1) is 41.8 Å². The van der Waals surface area contributed by atoms with Crippen molar-refractivity contribution in [3.8, 4) is 34.0 Å². The van der Waals surface area contributed by atoms with Crippen LogP contribution in [0.5, 0.6) is 5.75 Å². The summed E-state index contributed by atoms with van der Waals surface area (Å²) in [7, 11) is 1.08. The number of benzene rings is 2. The molecule has 0 radical (unpaired) electrons. The standard InChI is InChI=1S/C24H16ClF4N3O6/c1-3-36-23(34)20-14(11-30-32(20)12-7-9-13(10-8-12)37-24(27,28)29)21-18(22(33)35-2)19(31-38-21)17-15(25)5-4-6-16(17)26/h4-11H,3H2,1-2H3. The lowest BCUT2D eigenvalue weighted by atomic mass is 10.0. The number of ether oxygens (including phenoxy) is 3. The molecule has 0 aliphatic heterocycles. The third-order valence-corrected chi connectivity index (χ3v) is 5.39. The Morgan fingerprint density at radius 3 is 2.42 bits per heavy atom. The van der Waals surface area contributed by atoms with E-state index < -0.39 is 29.9 Å². The largest absolute Gasteiger partial charge is 0.573 e. The Kier molecular flexibility index (Phi) is 7.39. The summed E-state index contributed by atoms with van der Waals surface area (Å²) in [5.41, 5.74) is -1.08. The van der Waals surface area contributed by atoms with Crippen LogP contribution in [0.25, 0.3) is 28.3 Å². The van der Waals surface area contributed by atoms with Crippen molar-refractivity contribution in [1.82, 2.24) is 14.9 Å². The highest BCUT2D eigenvalue weighted by molar-refractivity contribution is 6.33. The van der Waals surface area contributed by atoms with E-state index in [4.69, 9.17) is 25.6 Å². The minimum absolute atomic E-state index is 0.0435. The molecule has 0 spiro atoms. The van der Waals surface area contributed by atoms with E-state index in [0.29, 0.717) is 0 Å². The topological polar surface area (TPSA) is 106 Å². The summed E-state index contributed by atoms with van der Waals surface area (Å²) < 4.78 is 72.5. The first-order chi connectivity index (χ1) is 18.1. The van der Waals surface area contributed by atoms with Crippen LogP contribution in [0.3, 0.4) is 0 Å². The van der Waals surface area contributed by atoms with Crippen LogP contribution in [-0.2, 0) is 9.47 Å². The van der Waals surface area contributed by atoms with Crippen molar-refractivity contribution in [1.29, 1.82) is 0 Å². The van der Waals surface area contributed by atoms with Crippen molar-refractivity contribution in [2.45, 2.75) is 13.3 Å². The van der Waals surface area contributed by atoms with Gasteiger partial charge in [-0.1, -0.05) is 22.8 Å². The molecule has 0 amide bonds. The number of carbonyl (C=O) groups is 2. The van der Waals surface area contributed by atoms with Crippen molar-refractivity contribution in [2.75, 3.05) is 13.7 Å². The lowest BCUT2D eigenvalue weighted by Crippen LogP contribution is -2.17. The Hall–Kier alpha value is -4.39. The molecule has 9 nitrogen and oxygen atoms in total. The Morgan fingerprint density at radius 2 is 1.82 bits per heavy atom. The molecule has 0 unspecified atom stereocenters. The first-order valence-electron chi connectivity index (χ1n) is 10.7. The predicted molar refractivity (Wildman–Crippen MR) is 123 cm³/mol. The van der Waals surface area contributed by atoms with Gasteiger partial charge >= 0.3 is 18.3 Å². The van der Waals surface area contributed by atoms with E-state index in [9.17, 15) is 27.2 Å². The van der Waals surface area contributed by atoms with Gasteiger partial charge in [-0.05, 0) is 43.3 Å². The second-order valence-electron chi connectivity index (χ2n) is 7.40. The monoisotopic (exact) mass is 553 g/mol. The number of hydrogen-bond donors (Lipinski definition) is 0. The molecule has 38 heavy (non-hydrogen) atoms. The molecule has 4 aromatic rings. The maximum Gasteiger partial charge on any atom is 0.573 e. The molecule has 0 atom stereocenters. The molecule has 0 fully saturated rings. The van der Waals surface area contributed by atoms with E-state index in [0.717, 1.165) is 36.2 Å². The Labute approximate surface area is 216 Å². The van der Waals surface area contributed by atoms with E-state index in [1.807, 2.05) is 0 Å². The fourth-order valence-corrected chi connectivity index (χ4v) is 3.81. The van der Waals surface area contributed by atoms with E-state index in [-0.39, 0.29) is 51.2 Å². The normalized spacial score (nSPS) is 11.3. The molecule has 0 bridgehead atoms. The van der Waals surface area contributed by atoms with Gasteiger partial charge in [-0.2, -0.15) is 5.10 Å². The van der Waals surface area contributed by atoms with Gasteiger partial charge in [-0.15, -0.1) is 13.2 Å². The molecular weight excluding hydrogens is 538 g/mol. The first-order valence-corrected chi connectivity index (χ1v) is 11.1. The number of nitrogens with zero attached hydrogens (tertiary/aromatic N) is 3. The Bertz CT molecular complexity index is 1480. The first kappa shape index (κ1) is 26.7. The summed E-state index contributed by atoms with van der Waals surface area (Å²) in [6.07, 6.45) is -3.75. The van der Waals surface area contributed by atoms with Crippen LogP contribution < -0.4 is 4.74 Å². The van der Waals surface area contributed by atoms with Crippen LogP contribution >= 0.6 is 11.6 Å². The summed E-state index contributed by atoms with van der Waals surface area (Å²) in [5, 5.41) is 7.87. The van der Waals surface area contributed by atoms with Gasteiger partial charge in [0.15, 0.2) is 11.5 Å². The number of esters is 2. The second kappa shape index (κ2) is 10.5. The number of methoxy groups -OCH3 is 1. The molecule has 0 aliphatic carbocycles. The third-order valence-electron chi connectivity index (χ3n) is 5.08. The maximum absolute atomic E-state index is 14.7. The van der Waals surface area contributed by atoms with Gasteiger partial charge in [0.1, 0.15) is 22.8 Å². The molecule has 2 heterocycles. The van der Waals surface area contributed by atoms with Crippen LogP contribution in [0.2, 0.25) is 5.02 Å². The fourth-order valence-electron chi connectivity index (χ4n) is 3.56. The molecule has 4 rings (SSSR count). The van der Waals surface area contributed by atoms with Crippen molar-refractivity contribution in [2.24, 2.45) is 0 Å². The quantitative estimate of drug-likeness (QED) is 0.207. The summed E-state index contributed by atoms with van der Waals surface area (Å²) in [6.45, 7) is 1.51. The highest BCUT2D eigenvalue weighted by Crippen LogP contribution is 2.39. The number of halogens is 5. The summed E-state index contributed by atoms with van der Waals surface area (Å²) in [5.74, 6) is -3.50. The summed E-state index contributed by atoms with van der Waals surface area (Å²) >= 11 is 6.15. The molecule has 0 saturated heterocycles. The maximum atomic E-state index is 14.7. The highest BCUT2D eigenvalue weighted by atomic mass is 35.5. The van der Waals surface area contributed by atoms with E-state index in [1.165, 1.54) is 24.3 Å². The van der Waals surface area contributed by atoms with Crippen molar-refractivity contribution in [3.05, 3.63) is 70.8 Å². The van der Waals surface area contributed by atoms with Gasteiger partial charge < -0.3 is 18.7 Å². The molecule has 198 valence electrons. The zero-order valence-corrected chi connectivity index (χ0v) is 20.3. The zero-order chi connectivity index (χ0) is 27.6. The highest BCUT2D eigenvalue weighted by Gasteiger charge is 2.34. The molecule has 0 N–H and O–H groups in total. The molecule has 0 aliphatic rings. The number of aromatic nitrogens is 3. The zero-order valence-electron chi connectivity index (χ0n) is 19.5. The molecule has 0 saturated carbocycles. The minimum atomic E-state index is -4.90. The predicted octanol–water partition coefficient (Wildman–Crippen LogP) is 5.85. The molecule has 2 aromatic carbocycles. The third kappa shape index (κ3) is 5.18. The SMILES string of the molecule is CCOC(=O)c1c(-c2onc(-c3c(F)cccc3Cl)c2C(=O)OC)cnn1-c1ccc(OC(F)(F)F)cc1. The van der Waals surface area contributed by atoms with Gasteiger partial charge in [-0.25, -0.2) is 18.7 Å². The van der Waals surface area contributed by atoms with Gasteiger partial charge in [0.2, 0.25) is 0 Å². The second-order valence-corrected chi connectivity index (χ2v) is 7.81. The number of alkyl halides is 3. The Morgan fingerprint density at radius 1 is 1.11 bits per heavy atom. The van der Waals surface area contributed by atoms with Crippen molar-refractivity contribution < 1.29 is 45.9 Å². The molecule has 14 heteroatoms. The number of carbonyl (C=O) groups excluding carboxylic acids is 2. The van der Waals surface area contributed by atoms with Crippen LogP contribution in [0.1, 0.15) is 27.8 Å². The minimum Gasteiger partial charge on any atom is -0.465 e. The van der Waals surface area contributed by atoms with Crippen LogP contribution in [0, 0.1) is 5.82 Å². The molecule has 2 aromatic heterocycles. The van der Waals surface area contributed by atoms with Crippen LogP contribution in [0.15, 0.2) is 53.2 Å².